The smallest absolute Gasteiger partial charge is 0.110 e. The van der Waals surface area contributed by atoms with Gasteiger partial charge >= 0.3 is 0 Å². The number of hydrogen-bond acceptors (Lipinski definition) is 2. The highest BCUT2D eigenvalue weighted by molar-refractivity contribution is 5.38. The van der Waals surface area contributed by atoms with Gasteiger partial charge in [0.15, 0.2) is 0 Å². The average Bonchev–Trinajstić information content (AvgIpc) is 2.94. The maximum absolute atomic E-state index is 9.95. The minimum atomic E-state index is -0.347. The van der Waals surface area contributed by atoms with Gasteiger partial charge in [-0.15, -0.1) is 0 Å². The van der Waals surface area contributed by atoms with Crippen LogP contribution in [0.5, 0.6) is 0 Å². The molecule has 2 heteroatoms. The molecule has 1 aliphatic heterocycles. The Bertz CT molecular complexity index is 348. The van der Waals surface area contributed by atoms with E-state index in [0.717, 1.165) is 5.56 Å². The molecule has 0 amide bonds. The van der Waals surface area contributed by atoms with E-state index in [9.17, 15) is 5.11 Å². The molecule has 1 aromatic carbocycles. The molecule has 1 aliphatic carbocycles. The van der Waals surface area contributed by atoms with E-state index in [-0.39, 0.29) is 24.2 Å². The highest BCUT2D eigenvalue weighted by atomic mass is 16.6. The Balaban J connectivity index is 2.14. The van der Waals surface area contributed by atoms with Gasteiger partial charge in [0.1, 0.15) is 6.10 Å². The number of ether oxygens (including phenoxy) is 1. The summed E-state index contributed by atoms with van der Waals surface area (Å²) in [7, 11) is 0. The van der Waals surface area contributed by atoms with Crippen molar-refractivity contribution in [2.75, 3.05) is 0 Å². The van der Waals surface area contributed by atoms with Crippen LogP contribution in [0, 0.1) is 5.92 Å². The van der Waals surface area contributed by atoms with Gasteiger partial charge in [-0.3, -0.25) is 0 Å². The lowest BCUT2D eigenvalue weighted by atomic mass is 9.83. The number of rotatable bonds is 0. The maximum atomic E-state index is 9.95. The van der Waals surface area contributed by atoms with E-state index in [4.69, 9.17) is 4.74 Å². The molecule has 3 rings (SSSR count). The van der Waals surface area contributed by atoms with Gasteiger partial charge in [0.25, 0.3) is 0 Å². The molecule has 2 nitrogen and oxygen atoms in total. The van der Waals surface area contributed by atoms with Crippen LogP contribution in [0.3, 0.4) is 0 Å². The molecule has 4 atom stereocenters. The summed E-state index contributed by atoms with van der Waals surface area (Å²) in [5, 5.41) is 9.95. The molecule has 0 bridgehead atoms. The van der Waals surface area contributed by atoms with Crippen molar-refractivity contribution in [1.82, 2.24) is 0 Å². The summed E-state index contributed by atoms with van der Waals surface area (Å²) in [6, 6.07) is 8.02. The lowest BCUT2D eigenvalue weighted by molar-refractivity contribution is 0.0981. The molecule has 1 saturated heterocycles. The first-order valence-corrected chi connectivity index (χ1v) is 4.71. The van der Waals surface area contributed by atoms with Gasteiger partial charge in [-0.05, 0) is 11.1 Å². The predicted molar refractivity (Wildman–Crippen MR) is 48.2 cm³/mol. The third-order valence-corrected chi connectivity index (χ3v) is 3.16. The molecule has 13 heavy (non-hydrogen) atoms. The van der Waals surface area contributed by atoms with Gasteiger partial charge in [-0.1, -0.05) is 31.2 Å². The Hall–Kier alpha value is -0.860. The summed E-state index contributed by atoms with van der Waals surface area (Å²) in [6.07, 6.45) is 0.166. The maximum Gasteiger partial charge on any atom is 0.110 e. The van der Waals surface area contributed by atoms with E-state index in [1.807, 2.05) is 25.1 Å². The third-order valence-electron chi connectivity index (χ3n) is 3.16. The molecule has 2 aliphatic rings. The van der Waals surface area contributed by atoms with Crippen molar-refractivity contribution in [3.63, 3.8) is 0 Å². The molecule has 1 aromatic rings. The van der Waals surface area contributed by atoms with Crippen LogP contribution in [0.15, 0.2) is 24.3 Å². The summed E-state index contributed by atoms with van der Waals surface area (Å²) >= 11 is 0. The zero-order valence-electron chi connectivity index (χ0n) is 7.47. The fraction of sp³-hybridized carbons (Fsp3) is 0.455. The molecule has 0 saturated carbocycles. The lowest BCUT2D eigenvalue weighted by Gasteiger charge is -2.23. The number of epoxide rings is 1. The highest BCUT2D eigenvalue weighted by Gasteiger charge is 2.51. The van der Waals surface area contributed by atoms with E-state index >= 15 is 0 Å². The minimum absolute atomic E-state index is 0.236. The summed E-state index contributed by atoms with van der Waals surface area (Å²) < 4.78 is 5.53. The summed E-state index contributed by atoms with van der Waals surface area (Å²) in [6.45, 7) is 2.05. The number of fused-ring (bicyclic) bond motifs is 3. The van der Waals surface area contributed by atoms with Crippen molar-refractivity contribution in [3.8, 4) is 0 Å². The van der Waals surface area contributed by atoms with Crippen LogP contribution in [0.2, 0.25) is 0 Å². The Morgan fingerprint density at radius 3 is 2.69 bits per heavy atom. The second-order valence-electron chi connectivity index (χ2n) is 3.95. The van der Waals surface area contributed by atoms with Crippen LogP contribution >= 0.6 is 0 Å². The molecule has 0 radical (unpaired) electrons. The molecule has 0 unspecified atom stereocenters. The Kier molecular flexibility index (Phi) is 1.35. The topological polar surface area (TPSA) is 32.8 Å². The monoisotopic (exact) mass is 176 g/mol. The molecule has 0 aromatic heterocycles. The molecule has 1 heterocycles. The Morgan fingerprint density at radius 2 is 1.92 bits per heavy atom. The van der Waals surface area contributed by atoms with Crippen LogP contribution in [0.4, 0.5) is 0 Å². The average molecular weight is 176 g/mol. The van der Waals surface area contributed by atoms with Crippen molar-refractivity contribution in [2.45, 2.75) is 25.2 Å². The van der Waals surface area contributed by atoms with Crippen molar-refractivity contribution in [1.29, 1.82) is 0 Å². The van der Waals surface area contributed by atoms with Crippen LogP contribution in [0.25, 0.3) is 0 Å². The minimum Gasteiger partial charge on any atom is -0.388 e. The molecule has 1 N–H and O–H groups in total. The quantitative estimate of drug-likeness (QED) is 0.611. The molecule has 0 spiro atoms. The molecular formula is C11H12O2. The van der Waals surface area contributed by atoms with Gasteiger partial charge in [-0.25, -0.2) is 0 Å². The van der Waals surface area contributed by atoms with Crippen molar-refractivity contribution in [2.24, 2.45) is 5.92 Å². The zero-order chi connectivity index (χ0) is 9.00. The molecule has 1 fully saturated rings. The Labute approximate surface area is 77.2 Å². The Morgan fingerprint density at radius 1 is 1.23 bits per heavy atom. The number of aliphatic hydroxyl groups is 1. The summed E-state index contributed by atoms with van der Waals surface area (Å²) in [5.74, 6) is 0.236. The number of hydrogen-bond donors (Lipinski definition) is 1. The van der Waals surface area contributed by atoms with Crippen molar-refractivity contribution >= 4 is 0 Å². The number of benzene rings is 1. The third kappa shape index (κ3) is 0.901. The summed E-state index contributed by atoms with van der Waals surface area (Å²) in [4.78, 5) is 0. The van der Waals surface area contributed by atoms with Crippen LogP contribution in [-0.2, 0) is 4.74 Å². The van der Waals surface area contributed by atoms with Gasteiger partial charge < -0.3 is 9.84 Å². The second-order valence-corrected chi connectivity index (χ2v) is 3.95. The first-order valence-electron chi connectivity index (χ1n) is 4.71. The van der Waals surface area contributed by atoms with E-state index in [0.29, 0.717) is 0 Å². The first-order chi connectivity index (χ1) is 6.29. The van der Waals surface area contributed by atoms with E-state index in [2.05, 4.69) is 6.07 Å². The van der Waals surface area contributed by atoms with Crippen LogP contribution < -0.4 is 0 Å². The highest BCUT2D eigenvalue weighted by Crippen LogP contribution is 2.53. The van der Waals surface area contributed by atoms with Crippen LogP contribution in [-0.4, -0.2) is 11.2 Å². The number of aliphatic hydroxyl groups excluding tert-OH is 1. The van der Waals surface area contributed by atoms with Gasteiger partial charge in [0, 0.05) is 5.92 Å². The van der Waals surface area contributed by atoms with Crippen molar-refractivity contribution in [3.05, 3.63) is 35.4 Å². The van der Waals surface area contributed by atoms with Gasteiger partial charge in [0.2, 0.25) is 0 Å². The zero-order valence-corrected chi connectivity index (χ0v) is 7.47. The van der Waals surface area contributed by atoms with Crippen LogP contribution in [0.1, 0.15) is 30.3 Å². The standard InChI is InChI=1S/C11H12O2/c1-6-9(12)7-4-2-3-5-8(7)11-10(6)13-11/h2-6,9-12H,1H3/t6-,9-,10+,11-/m1/s1. The molecular weight excluding hydrogens is 164 g/mol. The van der Waals surface area contributed by atoms with E-state index < -0.39 is 0 Å². The molecule has 68 valence electrons. The normalized spacial score (nSPS) is 40.8. The van der Waals surface area contributed by atoms with Gasteiger partial charge in [0.05, 0.1) is 12.2 Å². The lowest BCUT2D eigenvalue weighted by Crippen LogP contribution is -2.20. The van der Waals surface area contributed by atoms with E-state index in [1.165, 1.54) is 5.56 Å². The fourth-order valence-electron chi connectivity index (χ4n) is 2.28. The van der Waals surface area contributed by atoms with Crippen molar-refractivity contribution < 1.29 is 9.84 Å². The van der Waals surface area contributed by atoms with E-state index in [1.54, 1.807) is 0 Å². The second kappa shape index (κ2) is 2.34. The largest absolute Gasteiger partial charge is 0.388 e. The predicted octanol–water partition coefficient (Wildman–Crippen LogP) is 1.81. The van der Waals surface area contributed by atoms with Gasteiger partial charge in [-0.2, -0.15) is 0 Å². The fourth-order valence-corrected chi connectivity index (χ4v) is 2.28. The first kappa shape index (κ1) is 7.54. The summed E-state index contributed by atoms with van der Waals surface area (Å²) in [5.41, 5.74) is 2.23. The SMILES string of the molecule is C[C@H]1[C@@H]2O[C@@H]2c2ccccc2[C@@H]1O.